The molecule has 0 atom stereocenters. The van der Waals surface area contributed by atoms with Gasteiger partial charge in [0, 0.05) is 23.3 Å². The van der Waals surface area contributed by atoms with Gasteiger partial charge in [-0.3, -0.25) is 4.98 Å². The van der Waals surface area contributed by atoms with E-state index in [4.69, 9.17) is 4.74 Å². The highest BCUT2D eigenvalue weighted by atomic mass is 32.1. The Hall–Kier alpha value is -3.55. The van der Waals surface area contributed by atoms with Gasteiger partial charge in [0.25, 0.3) is 0 Å². The Labute approximate surface area is 179 Å². The number of pyridine rings is 1. The van der Waals surface area contributed by atoms with E-state index in [2.05, 4.69) is 29.9 Å². The number of anilines is 2. The summed E-state index contributed by atoms with van der Waals surface area (Å²) in [4.78, 5) is 10.6. The molecule has 0 aliphatic carbocycles. The highest BCUT2D eigenvalue weighted by molar-refractivity contribution is 7.06. The molecule has 0 saturated heterocycles. The lowest BCUT2D eigenvalue weighted by atomic mass is 10.1. The van der Waals surface area contributed by atoms with E-state index in [9.17, 15) is 26.3 Å². The molecule has 0 aliphatic rings. The van der Waals surface area contributed by atoms with Crippen molar-refractivity contribution in [2.24, 2.45) is 0 Å². The molecule has 0 spiro atoms. The lowest BCUT2D eigenvalue weighted by Crippen LogP contribution is -2.11. The van der Waals surface area contributed by atoms with Gasteiger partial charge in [-0.2, -0.15) is 31.3 Å². The van der Waals surface area contributed by atoms with Crippen LogP contribution in [-0.4, -0.2) is 31.6 Å². The van der Waals surface area contributed by atoms with E-state index in [-0.39, 0.29) is 28.7 Å². The average Bonchev–Trinajstić information content (AvgIpc) is 3.23. The average molecular weight is 472 g/mol. The summed E-state index contributed by atoms with van der Waals surface area (Å²) in [6.45, 7) is 0. The molecule has 0 saturated carbocycles. The molecule has 3 heterocycles. The number of rotatable bonds is 4. The maximum absolute atomic E-state index is 13.2. The van der Waals surface area contributed by atoms with Gasteiger partial charge in [0.1, 0.15) is 11.3 Å². The van der Waals surface area contributed by atoms with Crippen LogP contribution in [0.2, 0.25) is 0 Å². The van der Waals surface area contributed by atoms with Gasteiger partial charge in [-0.25, -0.2) is 4.98 Å². The van der Waals surface area contributed by atoms with Crippen molar-refractivity contribution < 1.29 is 31.1 Å². The van der Waals surface area contributed by atoms with E-state index in [0.29, 0.717) is 22.8 Å². The lowest BCUT2D eigenvalue weighted by molar-refractivity contribution is -0.139. The van der Waals surface area contributed by atoms with E-state index in [0.717, 1.165) is 7.11 Å². The number of benzene rings is 1. The van der Waals surface area contributed by atoms with Gasteiger partial charge in [-0.1, -0.05) is 16.6 Å². The minimum atomic E-state index is -4.69. The molecule has 7 nitrogen and oxygen atoms in total. The Morgan fingerprint density at radius 3 is 2.47 bits per heavy atom. The number of hydrogen-bond acceptors (Lipinski definition) is 8. The van der Waals surface area contributed by atoms with Crippen molar-refractivity contribution >= 4 is 34.1 Å². The highest BCUT2D eigenvalue weighted by Crippen LogP contribution is 2.39. The van der Waals surface area contributed by atoms with Crippen LogP contribution in [0, 0.1) is 0 Å². The maximum atomic E-state index is 13.2. The highest BCUT2D eigenvalue weighted by Gasteiger charge is 2.38. The molecule has 0 fully saturated rings. The Morgan fingerprint density at radius 1 is 1.00 bits per heavy atom. The van der Waals surface area contributed by atoms with Crippen molar-refractivity contribution in [2.45, 2.75) is 12.4 Å². The minimum Gasteiger partial charge on any atom is -0.480 e. The number of halogens is 6. The first-order valence-corrected chi connectivity index (χ1v) is 9.39. The monoisotopic (exact) mass is 472 g/mol. The summed E-state index contributed by atoms with van der Waals surface area (Å²) < 4.78 is 86.6. The molecule has 14 heteroatoms. The Bertz CT molecular complexity index is 1290. The van der Waals surface area contributed by atoms with Gasteiger partial charge in [0.05, 0.1) is 18.3 Å². The van der Waals surface area contributed by atoms with Crippen LogP contribution in [-0.2, 0) is 12.4 Å². The molecule has 0 bridgehead atoms. The summed E-state index contributed by atoms with van der Waals surface area (Å²) in [5.74, 6) is -0.833. The first-order valence-electron chi connectivity index (χ1n) is 8.62. The molecule has 0 aliphatic heterocycles. The Morgan fingerprint density at radius 2 is 1.78 bits per heavy atom. The van der Waals surface area contributed by atoms with Crippen LogP contribution < -0.4 is 10.1 Å². The zero-order valence-corrected chi connectivity index (χ0v) is 16.6. The smallest absolute Gasteiger partial charge is 0.429 e. The fourth-order valence-electron chi connectivity index (χ4n) is 2.87. The first-order chi connectivity index (χ1) is 15.1. The molecule has 0 radical (unpaired) electrons. The molecule has 3 aromatic heterocycles. The number of nitrogens with one attached hydrogen (secondary N) is 1. The van der Waals surface area contributed by atoms with Crippen LogP contribution >= 0.6 is 11.5 Å². The van der Waals surface area contributed by atoms with Crippen LogP contribution in [0.1, 0.15) is 10.4 Å². The van der Waals surface area contributed by atoms with Crippen LogP contribution in [0.25, 0.3) is 22.2 Å². The van der Waals surface area contributed by atoms with E-state index in [1.165, 1.54) is 30.5 Å². The number of methoxy groups -OCH3 is 1. The molecule has 1 aromatic carbocycles. The molecular weight excluding hydrogens is 462 g/mol. The molecule has 32 heavy (non-hydrogen) atoms. The van der Waals surface area contributed by atoms with Crippen molar-refractivity contribution in [1.82, 2.24) is 24.5 Å². The minimum absolute atomic E-state index is 0.163. The predicted molar refractivity (Wildman–Crippen MR) is 103 cm³/mol. The van der Waals surface area contributed by atoms with Gasteiger partial charge in [0.2, 0.25) is 11.8 Å². The maximum Gasteiger partial charge on any atom is 0.429 e. The predicted octanol–water partition coefficient (Wildman–Crippen LogP) is 5.33. The van der Waals surface area contributed by atoms with Crippen molar-refractivity contribution in [3.63, 3.8) is 0 Å². The first kappa shape index (κ1) is 21.7. The number of alkyl halides is 6. The molecule has 0 amide bonds. The van der Waals surface area contributed by atoms with E-state index in [1.54, 1.807) is 0 Å². The Balaban J connectivity index is 1.71. The molecule has 4 aromatic rings. The fraction of sp³-hybridized carbons (Fsp3) is 0.167. The third kappa shape index (κ3) is 4.12. The second kappa shape index (κ2) is 7.85. The lowest BCUT2D eigenvalue weighted by Gasteiger charge is -2.13. The largest absolute Gasteiger partial charge is 0.480 e. The SMILES string of the molecule is COc1nc(Nc2ccnc3cc(-c4nnsc4C(F)(F)F)ccc23)ncc1C(F)(F)F. The summed E-state index contributed by atoms with van der Waals surface area (Å²) >= 11 is 0.241. The van der Waals surface area contributed by atoms with Crippen LogP contribution in [0.15, 0.2) is 36.7 Å². The molecular formula is C18H10F6N6OS. The fourth-order valence-corrected chi connectivity index (χ4v) is 3.42. The van der Waals surface area contributed by atoms with Gasteiger partial charge in [-0.15, -0.1) is 5.10 Å². The number of fused-ring (bicyclic) bond motifs is 1. The van der Waals surface area contributed by atoms with Crippen molar-refractivity contribution in [2.75, 3.05) is 12.4 Å². The standard InChI is InChI=1S/C18H10F6N6OS/c1-31-15-10(17(19,20)21)7-26-16(28-15)27-11-4-5-25-12-6-8(2-3-9(11)12)13-14(18(22,23)24)32-30-29-13/h2-7H,1H3,(H,25,26,27,28). The number of hydrogen-bond donors (Lipinski definition) is 1. The molecule has 4 rings (SSSR count). The third-order valence-corrected chi connectivity index (χ3v) is 5.03. The number of ether oxygens (including phenoxy) is 1. The summed E-state index contributed by atoms with van der Waals surface area (Å²) in [6, 6.07) is 5.83. The normalized spacial score (nSPS) is 12.2. The Kier molecular flexibility index (Phi) is 5.32. The van der Waals surface area contributed by atoms with Crippen LogP contribution in [0.3, 0.4) is 0 Å². The topological polar surface area (TPSA) is 85.7 Å². The van der Waals surface area contributed by atoms with Gasteiger partial charge in [-0.05, 0) is 23.7 Å². The van der Waals surface area contributed by atoms with Crippen molar-refractivity contribution in [1.29, 1.82) is 0 Å². The molecule has 166 valence electrons. The van der Waals surface area contributed by atoms with E-state index >= 15 is 0 Å². The third-order valence-electron chi connectivity index (χ3n) is 4.26. The molecule has 0 unspecified atom stereocenters. The van der Waals surface area contributed by atoms with Gasteiger partial charge < -0.3 is 10.1 Å². The number of aromatic nitrogens is 5. The van der Waals surface area contributed by atoms with Gasteiger partial charge >= 0.3 is 12.4 Å². The second-order valence-electron chi connectivity index (χ2n) is 6.28. The quantitative estimate of drug-likeness (QED) is 0.402. The summed E-state index contributed by atoms with van der Waals surface area (Å²) in [5, 5.41) is 6.82. The van der Waals surface area contributed by atoms with Crippen molar-refractivity contribution in [3.05, 3.63) is 47.1 Å². The van der Waals surface area contributed by atoms with E-state index in [1.807, 2.05) is 0 Å². The van der Waals surface area contributed by atoms with E-state index < -0.39 is 28.7 Å². The van der Waals surface area contributed by atoms with Crippen LogP contribution in [0.5, 0.6) is 5.88 Å². The van der Waals surface area contributed by atoms with Crippen LogP contribution in [0.4, 0.5) is 38.0 Å². The summed E-state index contributed by atoms with van der Waals surface area (Å²) in [5.41, 5.74) is -0.605. The number of nitrogens with zero attached hydrogens (tertiary/aromatic N) is 5. The second-order valence-corrected chi connectivity index (χ2v) is 7.03. The zero-order valence-electron chi connectivity index (χ0n) is 15.8. The summed E-state index contributed by atoms with van der Waals surface area (Å²) in [7, 11) is 1.05. The zero-order chi connectivity index (χ0) is 23.1. The van der Waals surface area contributed by atoms with Gasteiger partial charge in [0.15, 0.2) is 4.88 Å². The summed E-state index contributed by atoms with van der Waals surface area (Å²) in [6.07, 6.45) is -7.33. The van der Waals surface area contributed by atoms with Crippen molar-refractivity contribution in [3.8, 4) is 17.1 Å². The molecule has 1 N–H and O–H groups in total.